The standard InChI is InChI=1S/C10H12Cl2O/c11-9-4-1-5-10(9,12)8-6(9)2-3-7(8)13/h6,8H,1-5H2/t6-,8-,9-,10+/m1/s1. The summed E-state index contributed by atoms with van der Waals surface area (Å²) in [5.74, 6) is 0.842. The fourth-order valence-electron chi connectivity index (χ4n) is 3.74. The quantitative estimate of drug-likeness (QED) is 0.572. The van der Waals surface area contributed by atoms with Crippen molar-refractivity contribution < 1.29 is 4.79 Å². The lowest BCUT2D eigenvalue weighted by atomic mass is 9.58. The first-order valence-electron chi connectivity index (χ1n) is 5.00. The van der Waals surface area contributed by atoms with Crippen molar-refractivity contribution in [2.75, 3.05) is 0 Å². The second kappa shape index (κ2) is 2.25. The third kappa shape index (κ3) is 0.721. The maximum atomic E-state index is 11.6. The van der Waals surface area contributed by atoms with Gasteiger partial charge in [-0.2, -0.15) is 0 Å². The van der Waals surface area contributed by atoms with Crippen LogP contribution in [0.2, 0.25) is 0 Å². The molecule has 0 aromatic carbocycles. The molecule has 0 amide bonds. The predicted molar refractivity (Wildman–Crippen MR) is 52.2 cm³/mol. The van der Waals surface area contributed by atoms with E-state index in [1.165, 1.54) is 0 Å². The van der Waals surface area contributed by atoms with Gasteiger partial charge in [0.05, 0.1) is 9.75 Å². The van der Waals surface area contributed by atoms with Gasteiger partial charge in [0.2, 0.25) is 0 Å². The Kier molecular flexibility index (Phi) is 1.48. The zero-order valence-corrected chi connectivity index (χ0v) is 8.87. The second-order valence-corrected chi connectivity index (χ2v) is 6.02. The molecule has 3 fully saturated rings. The fraction of sp³-hybridized carbons (Fsp3) is 0.900. The van der Waals surface area contributed by atoms with E-state index in [1.807, 2.05) is 0 Å². The van der Waals surface area contributed by atoms with E-state index in [9.17, 15) is 4.79 Å². The van der Waals surface area contributed by atoms with Crippen molar-refractivity contribution in [2.45, 2.75) is 41.9 Å². The summed E-state index contributed by atoms with van der Waals surface area (Å²) in [4.78, 5) is 11.0. The maximum absolute atomic E-state index is 11.6. The number of rotatable bonds is 0. The number of alkyl halides is 2. The smallest absolute Gasteiger partial charge is 0.138 e. The Bertz CT molecular complexity index is 291. The van der Waals surface area contributed by atoms with Gasteiger partial charge in [-0.1, -0.05) is 0 Å². The molecular weight excluding hydrogens is 207 g/mol. The van der Waals surface area contributed by atoms with E-state index in [1.54, 1.807) is 0 Å². The summed E-state index contributed by atoms with van der Waals surface area (Å²) < 4.78 is 0. The van der Waals surface area contributed by atoms with E-state index in [-0.39, 0.29) is 15.7 Å². The molecule has 0 radical (unpaired) electrons. The summed E-state index contributed by atoms with van der Waals surface area (Å²) in [5, 5.41) is 0. The van der Waals surface area contributed by atoms with Crippen LogP contribution < -0.4 is 0 Å². The van der Waals surface area contributed by atoms with Crippen LogP contribution in [0.3, 0.4) is 0 Å². The van der Waals surface area contributed by atoms with Gasteiger partial charge in [-0.3, -0.25) is 4.79 Å². The van der Waals surface area contributed by atoms with E-state index in [2.05, 4.69) is 0 Å². The summed E-state index contributed by atoms with van der Waals surface area (Å²) in [6.45, 7) is 0. The maximum Gasteiger partial charge on any atom is 0.138 e. The molecule has 0 aromatic heterocycles. The minimum Gasteiger partial charge on any atom is -0.299 e. The minimum atomic E-state index is -0.368. The first-order chi connectivity index (χ1) is 6.09. The monoisotopic (exact) mass is 218 g/mol. The van der Waals surface area contributed by atoms with Crippen LogP contribution in [-0.4, -0.2) is 15.5 Å². The van der Waals surface area contributed by atoms with Crippen LogP contribution in [0.5, 0.6) is 0 Å². The average Bonchev–Trinajstić information content (AvgIpc) is 2.54. The Morgan fingerprint density at radius 2 is 1.92 bits per heavy atom. The lowest BCUT2D eigenvalue weighted by molar-refractivity contribution is -0.126. The van der Waals surface area contributed by atoms with E-state index >= 15 is 0 Å². The topological polar surface area (TPSA) is 17.1 Å². The van der Waals surface area contributed by atoms with Gasteiger partial charge in [0.1, 0.15) is 5.78 Å². The summed E-state index contributed by atoms with van der Waals surface area (Å²) in [6.07, 6.45) is 4.71. The lowest BCUT2D eigenvalue weighted by Gasteiger charge is -2.57. The predicted octanol–water partition coefficient (Wildman–Crippen LogP) is 2.73. The van der Waals surface area contributed by atoms with Gasteiger partial charge in [0.25, 0.3) is 0 Å². The van der Waals surface area contributed by atoms with Gasteiger partial charge < -0.3 is 0 Å². The SMILES string of the molecule is O=C1CC[C@@H]2[C@H]1[C@@]1(Cl)CCC[C@@]21Cl. The van der Waals surface area contributed by atoms with Crippen molar-refractivity contribution in [3.63, 3.8) is 0 Å². The van der Waals surface area contributed by atoms with Gasteiger partial charge in [-0.25, -0.2) is 0 Å². The van der Waals surface area contributed by atoms with Crippen LogP contribution in [0, 0.1) is 11.8 Å². The van der Waals surface area contributed by atoms with Crippen molar-refractivity contribution in [3.8, 4) is 0 Å². The third-order valence-corrected chi connectivity index (χ3v) is 5.97. The lowest BCUT2D eigenvalue weighted by Crippen LogP contribution is -2.66. The van der Waals surface area contributed by atoms with Gasteiger partial charge >= 0.3 is 0 Å². The molecule has 0 saturated heterocycles. The summed E-state index contributed by atoms with van der Waals surface area (Å²) in [6, 6.07) is 0. The molecule has 13 heavy (non-hydrogen) atoms. The van der Waals surface area contributed by atoms with Gasteiger partial charge in [-0.05, 0) is 31.6 Å². The van der Waals surface area contributed by atoms with E-state index in [0.717, 1.165) is 25.7 Å². The fourth-order valence-corrected chi connectivity index (χ4v) is 4.96. The molecule has 4 atom stereocenters. The number of ketones is 1. The van der Waals surface area contributed by atoms with E-state index < -0.39 is 0 Å². The molecule has 0 aromatic rings. The summed E-state index contributed by atoms with van der Waals surface area (Å²) >= 11 is 13.0. The normalized spacial score (nSPS) is 58.8. The Hall–Kier alpha value is 0.250. The highest BCUT2D eigenvalue weighted by atomic mass is 35.5. The van der Waals surface area contributed by atoms with Crippen LogP contribution in [0.1, 0.15) is 32.1 Å². The molecule has 3 aliphatic rings. The van der Waals surface area contributed by atoms with Gasteiger partial charge in [0.15, 0.2) is 0 Å². The second-order valence-electron chi connectivity index (χ2n) is 4.67. The zero-order valence-electron chi connectivity index (χ0n) is 7.35. The Morgan fingerprint density at radius 1 is 1.23 bits per heavy atom. The summed E-state index contributed by atoms with van der Waals surface area (Å²) in [5.41, 5.74) is 0. The van der Waals surface area contributed by atoms with Gasteiger partial charge in [-0.15, -0.1) is 23.2 Å². The van der Waals surface area contributed by atoms with E-state index in [4.69, 9.17) is 23.2 Å². The highest BCUT2D eigenvalue weighted by Crippen LogP contribution is 2.71. The Balaban J connectivity index is 2.04. The number of halogens is 2. The van der Waals surface area contributed by atoms with Crippen LogP contribution in [0.25, 0.3) is 0 Å². The Labute approximate surface area is 87.8 Å². The molecule has 0 unspecified atom stereocenters. The van der Waals surface area contributed by atoms with Crippen LogP contribution in [-0.2, 0) is 4.79 Å². The number of hydrogen-bond acceptors (Lipinski definition) is 1. The number of hydrogen-bond donors (Lipinski definition) is 0. The molecule has 0 heterocycles. The molecule has 0 bridgehead atoms. The Morgan fingerprint density at radius 3 is 2.69 bits per heavy atom. The summed E-state index contributed by atoms with van der Waals surface area (Å²) in [7, 11) is 0. The average molecular weight is 219 g/mol. The molecule has 3 heteroatoms. The molecular formula is C10H12Cl2O. The van der Waals surface area contributed by atoms with Crippen LogP contribution in [0.15, 0.2) is 0 Å². The van der Waals surface area contributed by atoms with Crippen molar-refractivity contribution in [3.05, 3.63) is 0 Å². The molecule has 0 N–H and O–H groups in total. The highest BCUT2D eigenvalue weighted by molar-refractivity contribution is 6.38. The van der Waals surface area contributed by atoms with E-state index in [0.29, 0.717) is 18.1 Å². The molecule has 3 saturated carbocycles. The molecule has 3 rings (SSSR count). The minimum absolute atomic E-state index is 0.0918. The molecule has 1 nitrogen and oxygen atoms in total. The van der Waals surface area contributed by atoms with Crippen LogP contribution >= 0.6 is 23.2 Å². The highest BCUT2D eigenvalue weighted by Gasteiger charge is 2.75. The molecule has 72 valence electrons. The van der Waals surface area contributed by atoms with Crippen molar-refractivity contribution in [2.24, 2.45) is 11.8 Å². The first kappa shape index (κ1) is 8.55. The van der Waals surface area contributed by atoms with Gasteiger partial charge in [0, 0.05) is 12.3 Å². The number of carbonyl (C=O) groups is 1. The number of carbonyl (C=O) groups excluding carboxylic acids is 1. The van der Waals surface area contributed by atoms with Crippen molar-refractivity contribution in [1.82, 2.24) is 0 Å². The molecule has 0 aliphatic heterocycles. The number of Topliss-reactive ketones (excluding diaryl/α,β-unsaturated/α-hetero) is 1. The van der Waals surface area contributed by atoms with Crippen LogP contribution in [0.4, 0.5) is 0 Å². The first-order valence-corrected chi connectivity index (χ1v) is 5.76. The molecule has 0 spiro atoms. The zero-order chi connectivity index (χ0) is 9.27. The molecule has 3 aliphatic carbocycles. The number of fused-ring (bicyclic) bond motifs is 4. The largest absolute Gasteiger partial charge is 0.299 e. The van der Waals surface area contributed by atoms with Crippen molar-refractivity contribution in [1.29, 1.82) is 0 Å². The van der Waals surface area contributed by atoms with Crippen molar-refractivity contribution >= 4 is 29.0 Å². The third-order valence-electron chi connectivity index (χ3n) is 4.30.